The molecule has 1 aliphatic heterocycles. The highest BCUT2D eigenvalue weighted by Crippen LogP contribution is 2.23. The zero-order valence-corrected chi connectivity index (χ0v) is 12.4. The molecule has 1 aromatic heterocycles. The van der Waals surface area contributed by atoms with Gasteiger partial charge < -0.3 is 15.3 Å². The summed E-state index contributed by atoms with van der Waals surface area (Å²) in [5.74, 6) is 0.436. The molecule has 1 saturated heterocycles. The summed E-state index contributed by atoms with van der Waals surface area (Å²) in [7, 11) is 0. The maximum atomic E-state index is 12.6. The van der Waals surface area contributed by atoms with E-state index < -0.39 is 0 Å². The molecule has 0 aliphatic carbocycles. The van der Waals surface area contributed by atoms with Crippen molar-refractivity contribution in [3.05, 3.63) is 22.8 Å². The molecule has 6 heteroatoms. The predicted molar refractivity (Wildman–Crippen MR) is 79.2 cm³/mol. The summed E-state index contributed by atoms with van der Waals surface area (Å²) in [5, 5.41) is 12.8. The number of hydrogen-bond acceptors (Lipinski definition) is 4. The van der Waals surface area contributed by atoms with Crippen LogP contribution in [0.25, 0.3) is 0 Å². The van der Waals surface area contributed by atoms with E-state index in [-0.39, 0.29) is 24.2 Å². The molecule has 1 aliphatic rings. The minimum atomic E-state index is -0.200. The summed E-state index contributed by atoms with van der Waals surface area (Å²) in [5.41, 5.74) is 0.255. The maximum absolute atomic E-state index is 12.6. The number of nitrogens with one attached hydrogen (secondary N) is 1. The van der Waals surface area contributed by atoms with Crippen LogP contribution in [0.2, 0.25) is 5.02 Å². The number of hydrogen-bond donors (Lipinski definition) is 2. The summed E-state index contributed by atoms with van der Waals surface area (Å²) in [6, 6.07) is 3.30. The first-order valence-corrected chi connectivity index (χ1v) is 7.37. The Morgan fingerprint density at radius 2 is 2.35 bits per heavy atom. The number of carbonyl (C=O) groups excluding carboxylic acids is 1. The number of rotatable bonds is 4. The fourth-order valence-electron chi connectivity index (χ4n) is 2.47. The van der Waals surface area contributed by atoms with E-state index in [1.165, 1.54) is 0 Å². The maximum Gasteiger partial charge on any atom is 0.274 e. The molecule has 0 bridgehead atoms. The number of nitrogens with zero attached hydrogens (tertiary/aromatic N) is 2. The van der Waals surface area contributed by atoms with Crippen molar-refractivity contribution in [1.82, 2.24) is 9.88 Å². The molecule has 1 unspecified atom stereocenters. The van der Waals surface area contributed by atoms with Crippen LogP contribution >= 0.6 is 11.6 Å². The fourth-order valence-corrected chi connectivity index (χ4v) is 2.65. The smallest absolute Gasteiger partial charge is 0.274 e. The molecular weight excluding hydrogens is 278 g/mol. The highest BCUT2D eigenvalue weighted by molar-refractivity contribution is 6.33. The largest absolute Gasteiger partial charge is 0.394 e. The molecule has 1 atom stereocenters. The van der Waals surface area contributed by atoms with Gasteiger partial charge in [0.05, 0.1) is 17.7 Å². The van der Waals surface area contributed by atoms with Crippen LogP contribution in [-0.2, 0) is 0 Å². The molecule has 0 spiro atoms. The first-order valence-electron chi connectivity index (χ1n) is 6.99. The standard InChI is InChI=1S/C14H20ClN3O2/c1-2-16-12-7-6-11(15)13(17-12)14(20)18-8-4-3-5-10(18)9-19/h6-7,10,19H,2-5,8-9H2,1H3,(H,16,17). The van der Waals surface area contributed by atoms with Gasteiger partial charge in [-0.3, -0.25) is 4.79 Å². The Hall–Kier alpha value is -1.33. The van der Waals surface area contributed by atoms with Crippen LogP contribution in [0.3, 0.4) is 0 Å². The van der Waals surface area contributed by atoms with Crippen LogP contribution in [-0.4, -0.2) is 46.6 Å². The van der Waals surface area contributed by atoms with Crippen molar-refractivity contribution in [3.63, 3.8) is 0 Å². The van der Waals surface area contributed by atoms with Crippen molar-refractivity contribution in [2.45, 2.75) is 32.2 Å². The summed E-state index contributed by atoms with van der Waals surface area (Å²) in [6.45, 7) is 3.32. The van der Waals surface area contributed by atoms with Gasteiger partial charge in [-0.1, -0.05) is 11.6 Å². The predicted octanol–water partition coefficient (Wildman–Crippen LogP) is 2.15. The van der Waals surface area contributed by atoms with Gasteiger partial charge in [0.2, 0.25) is 0 Å². The van der Waals surface area contributed by atoms with Gasteiger partial charge in [-0.15, -0.1) is 0 Å². The monoisotopic (exact) mass is 297 g/mol. The number of pyridine rings is 1. The molecule has 20 heavy (non-hydrogen) atoms. The fraction of sp³-hybridized carbons (Fsp3) is 0.571. The Morgan fingerprint density at radius 3 is 3.05 bits per heavy atom. The Bertz CT molecular complexity index is 481. The molecule has 2 heterocycles. The topological polar surface area (TPSA) is 65.5 Å². The van der Waals surface area contributed by atoms with Crippen molar-refractivity contribution in [1.29, 1.82) is 0 Å². The second-order valence-corrected chi connectivity index (χ2v) is 5.30. The van der Waals surface area contributed by atoms with Crippen molar-refractivity contribution in [2.75, 3.05) is 25.0 Å². The van der Waals surface area contributed by atoms with Gasteiger partial charge in [0.15, 0.2) is 0 Å². The lowest BCUT2D eigenvalue weighted by molar-refractivity contribution is 0.0497. The highest BCUT2D eigenvalue weighted by Gasteiger charge is 2.29. The molecular formula is C14H20ClN3O2. The minimum Gasteiger partial charge on any atom is -0.394 e. The molecule has 0 radical (unpaired) electrons. The number of likely N-dealkylation sites (tertiary alicyclic amines) is 1. The van der Waals surface area contributed by atoms with E-state index in [2.05, 4.69) is 10.3 Å². The van der Waals surface area contributed by atoms with Crippen LogP contribution in [0.5, 0.6) is 0 Å². The summed E-state index contributed by atoms with van der Waals surface area (Å²) in [6.07, 6.45) is 2.81. The van der Waals surface area contributed by atoms with Crippen LogP contribution in [0.4, 0.5) is 5.82 Å². The lowest BCUT2D eigenvalue weighted by Gasteiger charge is -2.34. The van der Waals surface area contributed by atoms with E-state index in [0.717, 1.165) is 25.8 Å². The van der Waals surface area contributed by atoms with Gasteiger partial charge in [-0.05, 0) is 38.3 Å². The van der Waals surface area contributed by atoms with E-state index in [0.29, 0.717) is 17.4 Å². The second kappa shape index (κ2) is 6.90. The first kappa shape index (κ1) is 15.1. The number of carbonyl (C=O) groups is 1. The SMILES string of the molecule is CCNc1ccc(Cl)c(C(=O)N2CCCCC2CO)n1. The van der Waals surface area contributed by atoms with Crippen molar-refractivity contribution in [2.24, 2.45) is 0 Å². The van der Waals surface area contributed by atoms with Gasteiger partial charge in [0.1, 0.15) is 11.5 Å². The quantitative estimate of drug-likeness (QED) is 0.894. The molecule has 1 amide bonds. The second-order valence-electron chi connectivity index (χ2n) is 4.89. The summed E-state index contributed by atoms with van der Waals surface area (Å²) < 4.78 is 0. The van der Waals surface area contributed by atoms with E-state index >= 15 is 0 Å². The van der Waals surface area contributed by atoms with Crippen molar-refractivity contribution >= 4 is 23.3 Å². The number of aliphatic hydroxyl groups is 1. The van der Waals surface area contributed by atoms with Gasteiger partial charge in [0, 0.05) is 13.1 Å². The molecule has 2 rings (SSSR count). The van der Waals surface area contributed by atoms with Crippen LogP contribution in [0, 0.1) is 0 Å². The lowest BCUT2D eigenvalue weighted by Crippen LogP contribution is -2.46. The van der Waals surface area contributed by atoms with Gasteiger partial charge >= 0.3 is 0 Å². The molecule has 1 fully saturated rings. The molecule has 2 N–H and O–H groups in total. The van der Waals surface area contributed by atoms with Crippen LogP contribution < -0.4 is 5.32 Å². The molecule has 0 saturated carbocycles. The molecule has 5 nitrogen and oxygen atoms in total. The normalized spacial score (nSPS) is 18.9. The Morgan fingerprint density at radius 1 is 1.55 bits per heavy atom. The van der Waals surface area contributed by atoms with Gasteiger partial charge in [-0.25, -0.2) is 4.98 Å². The minimum absolute atomic E-state index is 0.0176. The Balaban J connectivity index is 2.24. The summed E-state index contributed by atoms with van der Waals surface area (Å²) in [4.78, 5) is 18.6. The third-order valence-corrected chi connectivity index (χ3v) is 3.81. The first-order chi connectivity index (χ1) is 9.67. The van der Waals surface area contributed by atoms with E-state index in [1.807, 2.05) is 6.92 Å². The van der Waals surface area contributed by atoms with Gasteiger partial charge in [-0.2, -0.15) is 0 Å². The van der Waals surface area contributed by atoms with Crippen LogP contribution in [0.15, 0.2) is 12.1 Å². The third-order valence-electron chi connectivity index (χ3n) is 3.51. The average molecular weight is 298 g/mol. The zero-order chi connectivity index (χ0) is 14.5. The van der Waals surface area contributed by atoms with Crippen molar-refractivity contribution in [3.8, 4) is 0 Å². The van der Waals surface area contributed by atoms with Crippen molar-refractivity contribution < 1.29 is 9.90 Å². The Kier molecular flexibility index (Phi) is 5.20. The number of piperidine rings is 1. The molecule has 1 aromatic rings. The van der Waals surface area contributed by atoms with E-state index in [9.17, 15) is 9.90 Å². The van der Waals surface area contributed by atoms with Gasteiger partial charge in [0.25, 0.3) is 5.91 Å². The van der Waals surface area contributed by atoms with Crippen LogP contribution in [0.1, 0.15) is 36.7 Å². The Labute approximate surface area is 123 Å². The number of aromatic nitrogens is 1. The highest BCUT2D eigenvalue weighted by atomic mass is 35.5. The molecule has 0 aromatic carbocycles. The number of anilines is 1. The molecule has 110 valence electrons. The average Bonchev–Trinajstić information content (AvgIpc) is 2.48. The lowest BCUT2D eigenvalue weighted by atomic mass is 10.0. The zero-order valence-electron chi connectivity index (χ0n) is 11.6. The number of amides is 1. The summed E-state index contributed by atoms with van der Waals surface area (Å²) >= 11 is 6.10. The third kappa shape index (κ3) is 3.22. The van der Waals surface area contributed by atoms with E-state index in [1.54, 1.807) is 17.0 Å². The number of aliphatic hydroxyl groups excluding tert-OH is 1. The van der Waals surface area contributed by atoms with E-state index in [4.69, 9.17) is 11.6 Å². The number of halogens is 1.